The van der Waals surface area contributed by atoms with E-state index in [2.05, 4.69) is 28.6 Å². The van der Waals surface area contributed by atoms with Gasteiger partial charge in [-0.15, -0.1) is 0 Å². The summed E-state index contributed by atoms with van der Waals surface area (Å²) >= 11 is 5.37. The molecule has 1 aliphatic carbocycles. The Morgan fingerprint density at radius 1 is 1.44 bits per heavy atom. The zero-order valence-electron chi connectivity index (χ0n) is 10.2. The molecule has 0 spiro atoms. The molecular weight excluding hydrogens is 218 g/mol. The highest BCUT2D eigenvalue weighted by Crippen LogP contribution is 2.31. The minimum atomic E-state index is 0.495. The van der Waals surface area contributed by atoms with Crippen molar-refractivity contribution in [1.82, 2.24) is 14.8 Å². The van der Waals surface area contributed by atoms with Crippen molar-refractivity contribution >= 4 is 12.2 Å². The molecule has 0 saturated heterocycles. The number of H-pyrrole nitrogens is 1. The summed E-state index contributed by atoms with van der Waals surface area (Å²) in [6.45, 7) is 4.43. The molecule has 4 heteroatoms. The van der Waals surface area contributed by atoms with Gasteiger partial charge in [0.05, 0.1) is 0 Å². The van der Waals surface area contributed by atoms with Gasteiger partial charge in [0.2, 0.25) is 0 Å². The van der Waals surface area contributed by atoms with Crippen molar-refractivity contribution in [2.45, 2.75) is 64.3 Å². The van der Waals surface area contributed by atoms with Crippen LogP contribution in [0.25, 0.3) is 0 Å². The summed E-state index contributed by atoms with van der Waals surface area (Å²) in [5.41, 5.74) is 0. The molecular formula is C12H21N3S. The zero-order valence-corrected chi connectivity index (χ0v) is 11.0. The minimum Gasteiger partial charge on any atom is -0.301 e. The van der Waals surface area contributed by atoms with Crippen molar-refractivity contribution in [3.63, 3.8) is 0 Å². The highest BCUT2D eigenvalue weighted by Gasteiger charge is 2.21. The summed E-state index contributed by atoms with van der Waals surface area (Å²) in [5, 5.41) is 7.37. The molecule has 1 aromatic rings. The van der Waals surface area contributed by atoms with Crippen molar-refractivity contribution < 1.29 is 0 Å². The molecule has 1 aliphatic rings. The normalized spacial score (nSPS) is 19.9. The predicted octanol–water partition coefficient (Wildman–Crippen LogP) is 3.96. The quantitative estimate of drug-likeness (QED) is 0.810. The van der Waals surface area contributed by atoms with Crippen molar-refractivity contribution in [2.24, 2.45) is 0 Å². The van der Waals surface area contributed by atoms with Crippen molar-refractivity contribution in [3.05, 3.63) is 10.6 Å². The third-order valence-electron chi connectivity index (χ3n) is 3.72. The number of aromatic amines is 1. The summed E-state index contributed by atoms with van der Waals surface area (Å²) in [6, 6.07) is 0.587. The smallest absolute Gasteiger partial charge is 0.195 e. The standard InChI is InChI=1S/C12H21N3S/c1-3-9(2)11-13-14-12(16)15(11)10-7-5-4-6-8-10/h9-10H,3-8H2,1-2H3,(H,14,16). The minimum absolute atomic E-state index is 0.495. The first kappa shape index (κ1) is 11.8. The number of aromatic nitrogens is 3. The molecule has 0 aliphatic heterocycles. The van der Waals surface area contributed by atoms with Crippen LogP contribution in [0.4, 0.5) is 0 Å². The molecule has 0 bridgehead atoms. The molecule has 1 aromatic heterocycles. The highest BCUT2D eigenvalue weighted by atomic mass is 32.1. The maximum atomic E-state index is 5.37. The average Bonchev–Trinajstić information content (AvgIpc) is 2.71. The second-order valence-electron chi connectivity index (χ2n) is 4.86. The Morgan fingerprint density at radius 2 is 2.12 bits per heavy atom. The molecule has 1 atom stereocenters. The monoisotopic (exact) mass is 239 g/mol. The van der Waals surface area contributed by atoms with Gasteiger partial charge in [-0.3, -0.25) is 5.10 Å². The summed E-state index contributed by atoms with van der Waals surface area (Å²) < 4.78 is 3.09. The van der Waals surface area contributed by atoms with Crippen LogP contribution in [0.5, 0.6) is 0 Å². The van der Waals surface area contributed by atoms with Crippen LogP contribution < -0.4 is 0 Å². The third-order valence-corrected chi connectivity index (χ3v) is 4.01. The lowest BCUT2D eigenvalue weighted by Crippen LogP contribution is -2.17. The average molecular weight is 239 g/mol. The maximum absolute atomic E-state index is 5.37. The number of rotatable bonds is 3. The van der Waals surface area contributed by atoms with Gasteiger partial charge in [0, 0.05) is 12.0 Å². The van der Waals surface area contributed by atoms with E-state index >= 15 is 0 Å². The van der Waals surface area contributed by atoms with E-state index in [1.54, 1.807) is 0 Å². The van der Waals surface area contributed by atoms with Crippen LogP contribution >= 0.6 is 12.2 Å². The van der Waals surface area contributed by atoms with Crippen molar-refractivity contribution in [2.75, 3.05) is 0 Å². The maximum Gasteiger partial charge on any atom is 0.195 e. The Kier molecular flexibility index (Phi) is 3.79. The van der Waals surface area contributed by atoms with Crippen LogP contribution in [-0.4, -0.2) is 14.8 Å². The van der Waals surface area contributed by atoms with Gasteiger partial charge >= 0.3 is 0 Å². The first-order valence-electron chi connectivity index (χ1n) is 6.40. The van der Waals surface area contributed by atoms with Crippen LogP contribution in [0.15, 0.2) is 0 Å². The van der Waals surface area contributed by atoms with Crippen LogP contribution in [0, 0.1) is 4.77 Å². The largest absolute Gasteiger partial charge is 0.301 e. The fourth-order valence-corrected chi connectivity index (χ4v) is 2.83. The topological polar surface area (TPSA) is 33.6 Å². The van der Waals surface area contributed by atoms with E-state index in [0.717, 1.165) is 17.0 Å². The Balaban J connectivity index is 2.30. The number of hydrogen-bond acceptors (Lipinski definition) is 2. The molecule has 0 amide bonds. The summed E-state index contributed by atoms with van der Waals surface area (Å²) in [6.07, 6.45) is 7.68. The molecule has 1 saturated carbocycles. The second kappa shape index (κ2) is 5.13. The highest BCUT2D eigenvalue weighted by molar-refractivity contribution is 7.71. The van der Waals surface area contributed by atoms with E-state index in [1.807, 2.05) is 0 Å². The zero-order chi connectivity index (χ0) is 11.5. The Bertz CT molecular complexity index is 387. The molecule has 90 valence electrons. The van der Waals surface area contributed by atoms with Crippen LogP contribution in [0.1, 0.15) is 70.2 Å². The lowest BCUT2D eigenvalue weighted by Gasteiger charge is -2.25. The lowest BCUT2D eigenvalue weighted by molar-refractivity contribution is 0.338. The fraction of sp³-hybridized carbons (Fsp3) is 0.833. The summed E-state index contributed by atoms with van der Waals surface area (Å²) in [7, 11) is 0. The molecule has 1 fully saturated rings. The van der Waals surface area contributed by atoms with Gasteiger partial charge < -0.3 is 4.57 Å². The SMILES string of the molecule is CCC(C)c1n[nH]c(=S)n1C1CCCCC1. The Labute approximate surface area is 102 Å². The third kappa shape index (κ3) is 2.21. The first-order chi connectivity index (χ1) is 7.74. The number of hydrogen-bond donors (Lipinski definition) is 1. The molecule has 0 aromatic carbocycles. The van der Waals surface area contributed by atoms with Crippen LogP contribution in [0.3, 0.4) is 0 Å². The van der Waals surface area contributed by atoms with Crippen LogP contribution in [-0.2, 0) is 0 Å². The first-order valence-corrected chi connectivity index (χ1v) is 6.81. The summed E-state index contributed by atoms with van der Waals surface area (Å²) in [4.78, 5) is 0. The Hall–Kier alpha value is -0.640. The van der Waals surface area contributed by atoms with Crippen LogP contribution in [0.2, 0.25) is 0 Å². The van der Waals surface area contributed by atoms with E-state index in [9.17, 15) is 0 Å². The van der Waals surface area contributed by atoms with E-state index in [1.165, 1.54) is 32.1 Å². The molecule has 1 unspecified atom stereocenters. The molecule has 3 nitrogen and oxygen atoms in total. The Morgan fingerprint density at radius 3 is 2.75 bits per heavy atom. The second-order valence-corrected chi connectivity index (χ2v) is 5.24. The molecule has 2 rings (SSSR count). The van der Waals surface area contributed by atoms with Gasteiger partial charge in [0.15, 0.2) is 4.77 Å². The van der Waals surface area contributed by atoms with Gasteiger partial charge in [-0.1, -0.05) is 33.1 Å². The number of nitrogens with one attached hydrogen (secondary N) is 1. The van der Waals surface area contributed by atoms with E-state index in [0.29, 0.717) is 12.0 Å². The van der Waals surface area contributed by atoms with E-state index in [-0.39, 0.29) is 0 Å². The van der Waals surface area contributed by atoms with Gasteiger partial charge in [0.25, 0.3) is 0 Å². The van der Waals surface area contributed by atoms with Gasteiger partial charge in [0.1, 0.15) is 5.82 Å². The fourth-order valence-electron chi connectivity index (χ4n) is 2.54. The van der Waals surface area contributed by atoms with E-state index < -0.39 is 0 Å². The molecule has 1 heterocycles. The van der Waals surface area contributed by atoms with Crippen molar-refractivity contribution in [1.29, 1.82) is 0 Å². The van der Waals surface area contributed by atoms with Gasteiger partial charge in [-0.2, -0.15) is 5.10 Å². The van der Waals surface area contributed by atoms with Gasteiger partial charge in [-0.25, -0.2) is 0 Å². The number of nitrogens with zero attached hydrogens (tertiary/aromatic N) is 2. The van der Waals surface area contributed by atoms with Gasteiger partial charge in [-0.05, 0) is 31.5 Å². The van der Waals surface area contributed by atoms with E-state index in [4.69, 9.17) is 12.2 Å². The lowest BCUT2D eigenvalue weighted by atomic mass is 9.95. The predicted molar refractivity (Wildman–Crippen MR) is 68.2 cm³/mol. The molecule has 1 N–H and O–H groups in total. The van der Waals surface area contributed by atoms with Crippen molar-refractivity contribution in [3.8, 4) is 0 Å². The molecule has 16 heavy (non-hydrogen) atoms. The molecule has 0 radical (unpaired) electrons. The summed E-state index contributed by atoms with van der Waals surface area (Å²) in [5.74, 6) is 1.65.